The lowest BCUT2D eigenvalue weighted by Gasteiger charge is -2.18. The fourth-order valence-electron chi connectivity index (χ4n) is 2.17. The minimum absolute atomic E-state index is 0.464. The molecule has 3 nitrogen and oxygen atoms in total. The minimum atomic E-state index is 0.464. The molecule has 0 aliphatic rings. The number of hydrogen-bond acceptors (Lipinski definition) is 3. The minimum Gasteiger partial charge on any atom is -0.383 e. The molecule has 0 fully saturated rings. The number of rotatable bonds is 11. The highest BCUT2D eigenvalue weighted by Gasteiger charge is 2.11. The molecular weight excluding hydrogens is 274 g/mol. The first-order valence-electron chi connectivity index (χ1n) is 7.30. The predicted molar refractivity (Wildman–Crippen MR) is 84.7 cm³/mol. The molecule has 0 spiro atoms. The first kappa shape index (κ1) is 17.4. The van der Waals surface area contributed by atoms with Gasteiger partial charge < -0.3 is 14.8 Å². The zero-order valence-corrected chi connectivity index (χ0v) is 13.3. The molecule has 4 heteroatoms. The van der Waals surface area contributed by atoms with Crippen molar-refractivity contribution in [3.63, 3.8) is 0 Å². The molecule has 1 rings (SSSR count). The Bertz CT molecular complexity index is 348. The number of methoxy groups -OCH3 is 1. The van der Waals surface area contributed by atoms with Crippen LogP contribution < -0.4 is 5.32 Å². The van der Waals surface area contributed by atoms with Crippen LogP contribution >= 0.6 is 11.6 Å². The van der Waals surface area contributed by atoms with E-state index < -0.39 is 0 Å². The van der Waals surface area contributed by atoms with Crippen molar-refractivity contribution in [2.45, 2.75) is 25.7 Å². The summed E-state index contributed by atoms with van der Waals surface area (Å²) in [7, 11) is 1.72. The van der Waals surface area contributed by atoms with Gasteiger partial charge in [-0.2, -0.15) is 0 Å². The lowest BCUT2D eigenvalue weighted by Crippen LogP contribution is -2.25. The van der Waals surface area contributed by atoms with E-state index in [0.29, 0.717) is 5.92 Å². The van der Waals surface area contributed by atoms with Crippen molar-refractivity contribution in [3.8, 4) is 0 Å². The molecule has 0 bridgehead atoms. The van der Waals surface area contributed by atoms with E-state index >= 15 is 0 Å². The van der Waals surface area contributed by atoms with Gasteiger partial charge in [0.15, 0.2) is 0 Å². The van der Waals surface area contributed by atoms with Crippen molar-refractivity contribution < 1.29 is 9.47 Å². The molecule has 0 saturated carbocycles. The van der Waals surface area contributed by atoms with Crippen LogP contribution in [0.25, 0.3) is 0 Å². The fourth-order valence-corrected chi connectivity index (χ4v) is 2.37. The Morgan fingerprint density at radius 2 is 2.15 bits per heavy atom. The van der Waals surface area contributed by atoms with Gasteiger partial charge in [-0.25, -0.2) is 0 Å². The maximum absolute atomic E-state index is 6.09. The van der Waals surface area contributed by atoms with E-state index in [-0.39, 0.29) is 0 Å². The molecule has 0 aliphatic heterocycles. The normalized spacial score (nSPS) is 12.6. The molecule has 1 N–H and O–H groups in total. The number of nitrogens with one attached hydrogen (secondary N) is 1. The van der Waals surface area contributed by atoms with Crippen LogP contribution in [-0.4, -0.2) is 40.0 Å². The first-order valence-corrected chi connectivity index (χ1v) is 7.68. The van der Waals surface area contributed by atoms with Gasteiger partial charge >= 0.3 is 0 Å². The molecule has 20 heavy (non-hydrogen) atoms. The average Bonchev–Trinajstić information content (AvgIpc) is 2.45. The Hall–Kier alpha value is -0.610. The van der Waals surface area contributed by atoms with Crippen LogP contribution in [0.15, 0.2) is 24.3 Å². The Morgan fingerprint density at radius 3 is 2.85 bits per heavy atom. The lowest BCUT2D eigenvalue weighted by atomic mass is 9.94. The molecule has 1 unspecified atom stereocenters. The SMILES string of the molecule is CCOCCCC(CNCCOC)c1cccc(Cl)c1. The highest BCUT2D eigenvalue weighted by Crippen LogP contribution is 2.23. The number of benzene rings is 1. The van der Waals surface area contributed by atoms with E-state index in [4.69, 9.17) is 21.1 Å². The van der Waals surface area contributed by atoms with Crippen LogP contribution in [0, 0.1) is 0 Å². The molecule has 1 aromatic carbocycles. The molecule has 0 heterocycles. The first-order chi connectivity index (χ1) is 9.77. The third-order valence-electron chi connectivity index (χ3n) is 3.24. The largest absolute Gasteiger partial charge is 0.383 e. The second-order valence-electron chi connectivity index (χ2n) is 4.79. The maximum Gasteiger partial charge on any atom is 0.0587 e. The van der Waals surface area contributed by atoms with Gasteiger partial charge in [-0.3, -0.25) is 0 Å². The summed E-state index contributed by atoms with van der Waals surface area (Å²) in [6.07, 6.45) is 2.16. The number of halogens is 1. The molecule has 0 aromatic heterocycles. The maximum atomic E-state index is 6.09. The van der Waals surface area contributed by atoms with Crippen LogP contribution in [0.3, 0.4) is 0 Å². The molecule has 1 aromatic rings. The van der Waals surface area contributed by atoms with Crippen molar-refractivity contribution in [1.82, 2.24) is 5.32 Å². The lowest BCUT2D eigenvalue weighted by molar-refractivity contribution is 0.141. The molecule has 1 atom stereocenters. The molecule has 0 saturated heterocycles. The van der Waals surface area contributed by atoms with Crippen molar-refractivity contribution >= 4 is 11.6 Å². The van der Waals surface area contributed by atoms with E-state index in [9.17, 15) is 0 Å². The van der Waals surface area contributed by atoms with Crippen LogP contribution in [0.1, 0.15) is 31.2 Å². The third kappa shape index (κ3) is 7.25. The summed E-state index contributed by atoms with van der Waals surface area (Å²) in [5, 5.41) is 4.24. The Balaban J connectivity index is 2.49. The zero-order chi connectivity index (χ0) is 14.6. The average molecular weight is 300 g/mol. The van der Waals surface area contributed by atoms with Crippen LogP contribution in [-0.2, 0) is 9.47 Å². The Labute approximate surface area is 127 Å². The van der Waals surface area contributed by atoms with Crippen molar-refractivity contribution in [3.05, 3.63) is 34.9 Å². The van der Waals surface area contributed by atoms with E-state index in [1.165, 1.54) is 5.56 Å². The number of ether oxygens (including phenoxy) is 2. The summed E-state index contributed by atoms with van der Waals surface area (Å²) in [5.74, 6) is 0.464. The molecule has 0 aliphatic carbocycles. The van der Waals surface area contributed by atoms with E-state index in [1.807, 2.05) is 19.1 Å². The summed E-state index contributed by atoms with van der Waals surface area (Å²) >= 11 is 6.09. The van der Waals surface area contributed by atoms with Gasteiger partial charge in [0.05, 0.1) is 6.61 Å². The fraction of sp³-hybridized carbons (Fsp3) is 0.625. The van der Waals surface area contributed by atoms with Crippen molar-refractivity contribution in [2.75, 3.05) is 40.0 Å². The second kappa shape index (κ2) is 11.1. The van der Waals surface area contributed by atoms with Crippen molar-refractivity contribution in [2.24, 2.45) is 0 Å². The van der Waals surface area contributed by atoms with Gasteiger partial charge in [0, 0.05) is 38.4 Å². The van der Waals surface area contributed by atoms with Crippen LogP contribution in [0.4, 0.5) is 0 Å². The van der Waals surface area contributed by atoms with Gasteiger partial charge in [0.1, 0.15) is 0 Å². The van der Waals surface area contributed by atoms with Gasteiger partial charge in [-0.1, -0.05) is 23.7 Å². The summed E-state index contributed by atoms with van der Waals surface area (Å²) in [6, 6.07) is 8.14. The Morgan fingerprint density at radius 1 is 1.30 bits per heavy atom. The second-order valence-corrected chi connectivity index (χ2v) is 5.22. The smallest absolute Gasteiger partial charge is 0.0587 e. The van der Waals surface area contributed by atoms with Crippen molar-refractivity contribution in [1.29, 1.82) is 0 Å². The predicted octanol–water partition coefficient (Wildman–Crippen LogP) is 3.48. The molecule has 0 amide bonds. The quantitative estimate of drug-likeness (QED) is 0.635. The van der Waals surface area contributed by atoms with Gasteiger partial charge in [-0.05, 0) is 43.4 Å². The monoisotopic (exact) mass is 299 g/mol. The van der Waals surface area contributed by atoms with Gasteiger partial charge in [-0.15, -0.1) is 0 Å². The van der Waals surface area contributed by atoms with Crippen LogP contribution in [0.5, 0.6) is 0 Å². The van der Waals surface area contributed by atoms with E-state index in [2.05, 4.69) is 17.4 Å². The summed E-state index contributed by atoms with van der Waals surface area (Å²) in [4.78, 5) is 0. The summed E-state index contributed by atoms with van der Waals surface area (Å²) in [5.41, 5.74) is 1.29. The molecular formula is C16H26ClNO2. The van der Waals surface area contributed by atoms with E-state index in [0.717, 1.165) is 50.8 Å². The molecule has 0 radical (unpaired) electrons. The Kier molecular flexibility index (Phi) is 9.67. The highest BCUT2D eigenvalue weighted by molar-refractivity contribution is 6.30. The van der Waals surface area contributed by atoms with Crippen LogP contribution in [0.2, 0.25) is 5.02 Å². The summed E-state index contributed by atoms with van der Waals surface area (Å²) in [6.45, 7) is 6.19. The summed E-state index contributed by atoms with van der Waals surface area (Å²) < 4.78 is 10.5. The van der Waals surface area contributed by atoms with Gasteiger partial charge in [0.25, 0.3) is 0 Å². The highest BCUT2D eigenvalue weighted by atomic mass is 35.5. The topological polar surface area (TPSA) is 30.5 Å². The standard InChI is InChI=1S/C16H26ClNO2/c1-3-20-10-5-7-15(13-18-9-11-19-2)14-6-4-8-16(17)12-14/h4,6,8,12,15,18H,3,5,7,9-11,13H2,1-2H3. The molecule has 114 valence electrons. The third-order valence-corrected chi connectivity index (χ3v) is 3.47. The number of hydrogen-bond donors (Lipinski definition) is 1. The zero-order valence-electron chi connectivity index (χ0n) is 12.5. The van der Waals surface area contributed by atoms with E-state index in [1.54, 1.807) is 7.11 Å². The van der Waals surface area contributed by atoms with Gasteiger partial charge in [0.2, 0.25) is 0 Å².